The van der Waals surface area contributed by atoms with Crippen molar-refractivity contribution in [1.29, 1.82) is 0 Å². The predicted molar refractivity (Wildman–Crippen MR) is 245 cm³/mol. The minimum Gasteiger partial charge on any atom is -0.456 e. The van der Waals surface area contributed by atoms with E-state index in [2.05, 4.69) is 92.7 Å². The first-order valence-corrected chi connectivity index (χ1v) is 20.5. The summed E-state index contributed by atoms with van der Waals surface area (Å²) >= 11 is 0. The Morgan fingerprint density at radius 1 is 0.361 bits per heavy atom. The van der Waals surface area contributed by atoms with E-state index in [1.54, 1.807) is 0 Å². The third-order valence-electron chi connectivity index (χ3n) is 12.1. The fourth-order valence-corrected chi connectivity index (χ4v) is 9.05. The Hall–Kier alpha value is -7.96. The second kappa shape index (κ2) is 13.5. The van der Waals surface area contributed by atoms with Crippen LogP contribution in [0.4, 0.5) is 0 Å². The molecule has 0 saturated carbocycles. The molecule has 288 valence electrons. The van der Waals surface area contributed by atoms with Crippen LogP contribution in [0.5, 0.6) is 0 Å². The highest BCUT2D eigenvalue weighted by atomic mass is 16.3. The standard InChI is InChI=1S/C55H36N4O2/c1-55(2)44-29-37(25-26-40(44)43-31-46-48(32-45(43)55)61-54(56-46)35-19-10-5-11-20-35)42-28-39(30-49-50(42)41-23-12-13-24-47(41)60-49)36-21-14-22-38(27-36)53-58-51(33-15-6-3-7-16-33)57-52(59-53)34-17-8-4-9-18-34/h3-32H,1-2H3. The summed E-state index contributed by atoms with van der Waals surface area (Å²) in [6.45, 7) is 4.61. The highest BCUT2D eigenvalue weighted by molar-refractivity contribution is 6.14. The summed E-state index contributed by atoms with van der Waals surface area (Å²) in [7, 11) is 0. The van der Waals surface area contributed by atoms with Gasteiger partial charge in [-0.3, -0.25) is 0 Å². The Morgan fingerprint density at radius 2 is 0.967 bits per heavy atom. The summed E-state index contributed by atoms with van der Waals surface area (Å²) < 4.78 is 13.0. The summed E-state index contributed by atoms with van der Waals surface area (Å²) in [6, 6.07) is 62.7. The van der Waals surface area contributed by atoms with Crippen molar-refractivity contribution in [1.82, 2.24) is 19.9 Å². The van der Waals surface area contributed by atoms with E-state index in [4.69, 9.17) is 28.8 Å². The van der Waals surface area contributed by atoms with E-state index in [-0.39, 0.29) is 5.41 Å². The molecule has 1 aliphatic carbocycles. The molecule has 8 aromatic carbocycles. The zero-order valence-electron chi connectivity index (χ0n) is 33.4. The van der Waals surface area contributed by atoms with Crippen LogP contribution in [0.25, 0.3) is 112 Å². The van der Waals surface area contributed by atoms with Gasteiger partial charge < -0.3 is 8.83 Å². The van der Waals surface area contributed by atoms with E-state index in [1.807, 2.05) is 103 Å². The fraction of sp³-hybridized carbons (Fsp3) is 0.0545. The van der Waals surface area contributed by atoms with E-state index < -0.39 is 0 Å². The lowest BCUT2D eigenvalue weighted by Crippen LogP contribution is -2.15. The molecule has 12 rings (SSSR count). The van der Waals surface area contributed by atoms with Crippen LogP contribution in [0.3, 0.4) is 0 Å². The molecule has 3 aromatic heterocycles. The molecule has 0 radical (unpaired) electrons. The zero-order chi connectivity index (χ0) is 40.7. The fourth-order valence-electron chi connectivity index (χ4n) is 9.05. The zero-order valence-corrected chi connectivity index (χ0v) is 33.4. The Bertz CT molecular complexity index is 3440. The third kappa shape index (κ3) is 5.79. The summed E-state index contributed by atoms with van der Waals surface area (Å²) in [4.78, 5) is 19.9. The topological polar surface area (TPSA) is 77.8 Å². The van der Waals surface area contributed by atoms with Gasteiger partial charge in [-0.05, 0) is 99.1 Å². The van der Waals surface area contributed by atoms with Gasteiger partial charge in [0.15, 0.2) is 23.1 Å². The molecule has 0 atom stereocenters. The van der Waals surface area contributed by atoms with Crippen molar-refractivity contribution in [3.63, 3.8) is 0 Å². The lowest BCUT2D eigenvalue weighted by Gasteiger charge is -2.22. The lowest BCUT2D eigenvalue weighted by molar-refractivity contribution is 0.614. The average molecular weight is 785 g/mol. The normalized spacial score (nSPS) is 12.9. The van der Waals surface area contributed by atoms with Crippen molar-refractivity contribution < 1.29 is 8.83 Å². The molecule has 61 heavy (non-hydrogen) atoms. The second-order valence-electron chi connectivity index (χ2n) is 16.3. The first-order valence-electron chi connectivity index (χ1n) is 20.5. The van der Waals surface area contributed by atoms with Gasteiger partial charge in [0.05, 0.1) is 0 Å². The Morgan fingerprint density at radius 3 is 1.69 bits per heavy atom. The van der Waals surface area contributed by atoms with Crippen molar-refractivity contribution >= 4 is 33.0 Å². The number of aromatic nitrogens is 4. The van der Waals surface area contributed by atoms with Gasteiger partial charge in [-0.1, -0.05) is 141 Å². The van der Waals surface area contributed by atoms with Gasteiger partial charge in [0, 0.05) is 38.4 Å². The molecule has 6 heteroatoms. The first-order chi connectivity index (χ1) is 29.9. The molecular formula is C55H36N4O2. The SMILES string of the molecule is CC1(C)c2cc(-c3cc(-c4cccc(-c5nc(-c6ccccc6)nc(-c6ccccc6)n5)c4)cc4oc5ccccc5c34)ccc2-c2cc3nc(-c4ccccc4)oc3cc21. The van der Waals surface area contributed by atoms with Crippen molar-refractivity contribution in [2.75, 3.05) is 0 Å². The summed E-state index contributed by atoms with van der Waals surface area (Å²) in [5.41, 5.74) is 16.0. The van der Waals surface area contributed by atoms with Crippen molar-refractivity contribution in [3.8, 4) is 79.0 Å². The summed E-state index contributed by atoms with van der Waals surface area (Å²) in [5, 5.41) is 2.18. The van der Waals surface area contributed by atoms with Gasteiger partial charge in [0.25, 0.3) is 0 Å². The van der Waals surface area contributed by atoms with Crippen LogP contribution >= 0.6 is 0 Å². The minimum absolute atomic E-state index is 0.278. The Labute approximate surface area is 351 Å². The van der Waals surface area contributed by atoms with Crippen LogP contribution in [0, 0.1) is 0 Å². The third-order valence-corrected chi connectivity index (χ3v) is 12.1. The van der Waals surface area contributed by atoms with Gasteiger partial charge in [-0.25, -0.2) is 19.9 Å². The van der Waals surface area contributed by atoms with E-state index in [0.29, 0.717) is 23.4 Å². The molecule has 0 fully saturated rings. The minimum atomic E-state index is -0.278. The maximum absolute atomic E-state index is 6.63. The van der Waals surface area contributed by atoms with Crippen molar-refractivity contribution in [2.45, 2.75) is 19.3 Å². The number of benzene rings is 8. The molecule has 3 heterocycles. The van der Waals surface area contributed by atoms with E-state index >= 15 is 0 Å². The molecule has 0 aliphatic heterocycles. The molecule has 1 aliphatic rings. The number of oxazole rings is 1. The van der Waals surface area contributed by atoms with Gasteiger partial charge in [0.2, 0.25) is 5.89 Å². The van der Waals surface area contributed by atoms with Crippen molar-refractivity contribution in [2.24, 2.45) is 0 Å². The first kappa shape index (κ1) is 35.0. The number of furan rings is 1. The molecule has 0 saturated heterocycles. The molecule has 0 unspecified atom stereocenters. The van der Waals surface area contributed by atoms with Crippen LogP contribution in [0.1, 0.15) is 25.0 Å². The Balaban J connectivity index is 0.993. The van der Waals surface area contributed by atoms with Gasteiger partial charge in [0.1, 0.15) is 16.7 Å². The Kier molecular flexibility index (Phi) is 7.78. The molecule has 0 bridgehead atoms. The maximum atomic E-state index is 6.63. The quantitative estimate of drug-likeness (QED) is 0.167. The maximum Gasteiger partial charge on any atom is 0.227 e. The van der Waals surface area contributed by atoms with E-state index in [9.17, 15) is 0 Å². The largest absolute Gasteiger partial charge is 0.456 e. The van der Waals surface area contributed by atoms with Crippen LogP contribution in [-0.2, 0) is 5.41 Å². The molecule has 0 amide bonds. The average Bonchev–Trinajstić information content (AvgIpc) is 3.98. The number of hydrogen-bond acceptors (Lipinski definition) is 6. The number of hydrogen-bond donors (Lipinski definition) is 0. The highest BCUT2D eigenvalue weighted by Gasteiger charge is 2.37. The monoisotopic (exact) mass is 784 g/mol. The van der Waals surface area contributed by atoms with E-state index in [1.165, 1.54) is 22.3 Å². The highest BCUT2D eigenvalue weighted by Crippen LogP contribution is 2.52. The van der Waals surface area contributed by atoms with Crippen LogP contribution in [0.15, 0.2) is 191 Å². The molecule has 0 N–H and O–H groups in total. The molecule has 0 spiro atoms. The number of rotatable bonds is 6. The van der Waals surface area contributed by atoms with Crippen LogP contribution < -0.4 is 0 Å². The van der Waals surface area contributed by atoms with Gasteiger partial charge >= 0.3 is 0 Å². The number of para-hydroxylation sites is 1. The van der Waals surface area contributed by atoms with Crippen molar-refractivity contribution in [3.05, 3.63) is 193 Å². The van der Waals surface area contributed by atoms with Gasteiger partial charge in [-0.2, -0.15) is 0 Å². The summed E-state index contributed by atoms with van der Waals surface area (Å²) in [5.74, 6) is 2.50. The molecular weight excluding hydrogens is 749 g/mol. The summed E-state index contributed by atoms with van der Waals surface area (Å²) in [6.07, 6.45) is 0. The number of nitrogens with zero attached hydrogens (tertiary/aromatic N) is 4. The second-order valence-corrected chi connectivity index (χ2v) is 16.3. The molecule has 6 nitrogen and oxygen atoms in total. The lowest BCUT2D eigenvalue weighted by atomic mass is 9.81. The predicted octanol–water partition coefficient (Wildman–Crippen LogP) is 14.2. The smallest absolute Gasteiger partial charge is 0.227 e. The number of fused-ring (bicyclic) bond motifs is 7. The van der Waals surface area contributed by atoms with Crippen LogP contribution in [-0.4, -0.2) is 19.9 Å². The van der Waals surface area contributed by atoms with Crippen LogP contribution in [0.2, 0.25) is 0 Å². The van der Waals surface area contributed by atoms with Gasteiger partial charge in [-0.15, -0.1) is 0 Å². The van der Waals surface area contributed by atoms with E-state index in [0.717, 1.165) is 77.5 Å². The molecule has 11 aromatic rings.